The quantitative estimate of drug-likeness (QED) is 0.371. The summed E-state index contributed by atoms with van der Waals surface area (Å²) >= 11 is 6.29. The first-order valence-corrected chi connectivity index (χ1v) is 11.4. The van der Waals surface area contributed by atoms with Crippen LogP contribution in [0.15, 0.2) is 47.4 Å². The number of thiocarbonyl (C=S) groups is 1. The van der Waals surface area contributed by atoms with Gasteiger partial charge in [-0.2, -0.15) is 0 Å². The molecule has 0 spiro atoms. The number of carboxylic acids is 1. The van der Waals surface area contributed by atoms with E-state index < -0.39 is 17.7 Å². The first-order chi connectivity index (χ1) is 16.3. The van der Waals surface area contributed by atoms with Crippen molar-refractivity contribution in [2.24, 2.45) is 0 Å². The van der Waals surface area contributed by atoms with E-state index in [2.05, 4.69) is 5.32 Å². The molecule has 1 aliphatic rings. The van der Waals surface area contributed by atoms with E-state index in [1.54, 1.807) is 31.2 Å². The molecule has 2 amide bonds. The van der Waals surface area contributed by atoms with Crippen molar-refractivity contribution in [2.75, 3.05) is 25.1 Å². The molecule has 0 atom stereocenters. The van der Waals surface area contributed by atoms with Crippen molar-refractivity contribution < 1.29 is 33.4 Å². The molecule has 1 saturated heterocycles. The molecule has 8 nitrogen and oxygen atoms in total. The fraction of sp³-hybridized carbons (Fsp3) is 0.217. The molecule has 1 heterocycles. The zero-order valence-corrected chi connectivity index (χ0v) is 19.7. The Kier molecular flexibility index (Phi) is 8.61. The number of halogens is 1. The number of nitrogens with zero attached hydrogens (tertiary/aromatic N) is 1. The Balaban J connectivity index is 1.68. The molecule has 2 N–H and O–H groups in total. The number of ether oxygens (including phenoxy) is 2. The van der Waals surface area contributed by atoms with Crippen molar-refractivity contribution in [3.8, 4) is 11.5 Å². The van der Waals surface area contributed by atoms with Crippen LogP contribution in [0.4, 0.5) is 10.1 Å². The van der Waals surface area contributed by atoms with Crippen LogP contribution in [-0.2, 0) is 14.4 Å². The number of thioether (sulfide) groups is 1. The number of benzene rings is 2. The van der Waals surface area contributed by atoms with Gasteiger partial charge in [-0.15, -0.1) is 0 Å². The molecule has 1 fully saturated rings. The minimum Gasteiger partial charge on any atom is -0.490 e. The van der Waals surface area contributed by atoms with Gasteiger partial charge in [-0.05, 0) is 55.0 Å². The monoisotopic (exact) mass is 504 g/mol. The third kappa shape index (κ3) is 6.78. The molecule has 0 bridgehead atoms. The highest BCUT2D eigenvalue weighted by molar-refractivity contribution is 8.26. The highest BCUT2D eigenvalue weighted by Gasteiger charge is 2.32. The Morgan fingerprint density at radius 2 is 1.91 bits per heavy atom. The van der Waals surface area contributed by atoms with Gasteiger partial charge in [-0.1, -0.05) is 30.0 Å². The highest BCUT2D eigenvalue weighted by Crippen LogP contribution is 2.35. The summed E-state index contributed by atoms with van der Waals surface area (Å²) in [6.45, 7) is 1.86. The van der Waals surface area contributed by atoms with Gasteiger partial charge >= 0.3 is 5.97 Å². The van der Waals surface area contributed by atoms with E-state index >= 15 is 0 Å². The maximum absolute atomic E-state index is 13.0. The number of aliphatic carboxylic acids is 1. The summed E-state index contributed by atoms with van der Waals surface area (Å²) in [7, 11) is 0. The molecule has 0 unspecified atom stereocenters. The van der Waals surface area contributed by atoms with E-state index in [-0.39, 0.29) is 25.5 Å². The van der Waals surface area contributed by atoms with E-state index in [1.165, 1.54) is 29.2 Å². The topological polar surface area (TPSA) is 105 Å². The zero-order chi connectivity index (χ0) is 24.7. The predicted molar refractivity (Wildman–Crippen MR) is 130 cm³/mol. The number of amides is 2. The Morgan fingerprint density at radius 3 is 2.59 bits per heavy atom. The minimum absolute atomic E-state index is 0.00823. The van der Waals surface area contributed by atoms with Crippen LogP contribution in [0.25, 0.3) is 6.08 Å². The average molecular weight is 505 g/mol. The number of nitrogens with one attached hydrogen (secondary N) is 1. The van der Waals surface area contributed by atoms with Gasteiger partial charge < -0.3 is 19.9 Å². The lowest BCUT2D eigenvalue weighted by Crippen LogP contribution is -2.30. The molecular formula is C23H21FN2O6S2. The molecular weight excluding hydrogens is 483 g/mol. The number of carbonyl (C=O) groups is 3. The summed E-state index contributed by atoms with van der Waals surface area (Å²) in [6.07, 6.45) is 1.43. The summed E-state index contributed by atoms with van der Waals surface area (Å²) in [5.74, 6) is -1.48. The van der Waals surface area contributed by atoms with Crippen LogP contribution in [0.3, 0.4) is 0 Å². The van der Waals surface area contributed by atoms with Crippen molar-refractivity contribution in [3.05, 3.63) is 58.8 Å². The van der Waals surface area contributed by atoms with E-state index in [9.17, 15) is 18.8 Å². The lowest BCUT2D eigenvalue weighted by atomic mass is 10.2. The molecule has 0 aliphatic carbocycles. The summed E-state index contributed by atoms with van der Waals surface area (Å²) in [4.78, 5) is 37.2. The third-order valence-corrected chi connectivity index (χ3v) is 5.85. The molecule has 178 valence electrons. The lowest BCUT2D eigenvalue weighted by molar-refractivity contribution is -0.137. The van der Waals surface area contributed by atoms with E-state index in [0.29, 0.717) is 38.6 Å². The van der Waals surface area contributed by atoms with Crippen LogP contribution < -0.4 is 14.8 Å². The summed E-state index contributed by atoms with van der Waals surface area (Å²) < 4.78 is 24.5. The van der Waals surface area contributed by atoms with Gasteiger partial charge in [0, 0.05) is 12.2 Å². The second-order valence-electron chi connectivity index (χ2n) is 6.96. The van der Waals surface area contributed by atoms with Crippen LogP contribution in [0.5, 0.6) is 11.5 Å². The van der Waals surface area contributed by atoms with Gasteiger partial charge in [-0.25, -0.2) is 4.39 Å². The van der Waals surface area contributed by atoms with E-state index in [0.717, 1.165) is 11.8 Å². The van der Waals surface area contributed by atoms with Gasteiger partial charge in [-0.3, -0.25) is 19.3 Å². The Bertz CT molecular complexity index is 1140. The van der Waals surface area contributed by atoms with Crippen molar-refractivity contribution >= 4 is 57.8 Å². The standard InChI is InChI=1S/C23H21FN2O6S2/c1-2-31-18-11-14(12-19-22(30)26(23(33)34-19)10-9-21(28)29)3-8-17(18)32-13-20(27)25-16-6-4-15(24)5-7-16/h3-8,11-12H,2,9-10,13H2,1H3,(H,25,27)(H,28,29)/b19-12-. The number of anilines is 1. The van der Waals surface area contributed by atoms with E-state index in [1.807, 2.05) is 0 Å². The van der Waals surface area contributed by atoms with Crippen molar-refractivity contribution in [1.82, 2.24) is 4.90 Å². The maximum atomic E-state index is 13.0. The summed E-state index contributed by atoms with van der Waals surface area (Å²) in [6, 6.07) is 10.3. The van der Waals surface area contributed by atoms with Crippen LogP contribution in [0.2, 0.25) is 0 Å². The molecule has 2 aromatic carbocycles. The van der Waals surface area contributed by atoms with Crippen molar-refractivity contribution in [2.45, 2.75) is 13.3 Å². The van der Waals surface area contributed by atoms with Gasteiger partial charge in [0.15, 0.2) is 18.1 Å². The lowest BCUT2D eigenvalue weighted by Gasteiger charge is -2.13. The molecule has 11 heteroatoms. The van der Waals surface area contributed by atoms with Crippen LogP contribution in [-0.4, -0.2) is 51.9 Å². The molecule has 2 aromatic rings. The Labute approximate surface area is 204 Å². The highest BCUT2D eigenvalue weighted by atomic mass is 32.2. The Hall–Kier alpha value is -3.44. The largest absolute Gasteiger partial charge is 0.490 e. The first-order valence-electron chi connectivity index (χ1n) is 10.2. The van der Waals surface area contributed by atoms with Crippen molar-refractivity contribution in [1.29, 1.82) is 0 Å². The smallest absolute Gasteiger partial charge is 0.305 e. The van der Waals surface area contributed by atoms with Gasteiger partial charge in [0.25, 0.3) is 11.8 Å². The SMILES string of the molecule is CCOc1cc(/C=C2\SC(=S)N(CCC(=O)O)C2=O)ccc1OCC(=O)Nc1ccc(F)cc1. The molecule has 34 heavy (non-hydrogen) atoms. The third-order valence-electron chi connectivity index (χ3n) is 4.47. The number of hydrogen-bond donors (Lipinski definition) is 2. The predicted octanol–water partition coefficient (Wildman–Crippen LogP) is 3.92. The molecule has 1 aliphatic heterocycles. The van der Waals surface area contributed by atoms with Crippen LogP contribution in [0.1, 0.15) is 18.9 Å². The Morgan fingerprint density at radius 1 is 1.18 bits per heavy atom. The summed E-state index contributed by atoms with van der Waals surface area (Å²) in [5.41, 5.74) is 1.08. The first kappa shape index (κ1) is 25.2. The minimum atomic E-state index is -1.01. The molecule has 0 saturated carbocycles. The number of hydrogen-bond acceptors (Lipinski definition) is 7. The molecule has 0 aromatic heterocycles. The molecule has 0 radical (unpaired) electrons. The molecule has 3 rings (SSSR count). The van der Waals surface area contributed by atoms with Gasteiger partial charge in [0.1, 0.15) is 10.1 Å². The van der Waals surface area contributed by atoms with E-state index in [4.69, 9.17) is 26.8 Å². The number of carboxylic acid groups (broad SMARTS) is 1. The fourth-order valence-corrected chi connectivity index (χ4v) is 4.24. The average Bonchev–Trinajstić information content (AvgIpc) is 3.05. The second kappa shape index (κ2) is 11.6. The maximum Gasteiger partial charge on any atom is 0.305 e. The second-order valence-corrected chi connectivity index (χ2v) is 8.64. The fourth-order valence-electron chi connectivity index (χ4n) is 2.93. The van der Waals surface area contributed by atoms with Crippen molar-refractivity contribution in [3.63, 3.8) is 0 Å². The normalized spacial score (nSPS) is 14.4. The van der Waals surface area contributed by atoms with Crippen LogP contribution >= 0.6 is 24.0 Å². The zero-order valence-electron chi connectivity index (χ0n) is 18.1. The van der Waals surface area contributed by atoms with Crippen LogP contribution in [0, 0.1) is 5.82 Å². The van der Waals surface area contributed by atoms with Gasteiger partial charge in [0.05, 0.1) is 17.9 Å². The number of carbonyl (C=O) groups excluding carboxylic acids is 2. The summed E-state index contributed by atoms with van der Waals surface area (Å²) in [5, 5.41) is 11.5. The van der Waals surface area contributed by atoms with Gasteiger partial charge in [0.2, 0.25) is 0 Å². The number of rotatable bonds is 10.